The molecule has 160 valence electrons. The Hall–Kier alpha value is -2.10. The Morgan fingerprint density at radius 1 is 1.17 bits per heavy atom. The fourth-order valence-electron chi connectivity index (χ4n) is 2.95. The minimum Gasteiger partial charge on any atom is -0.357 e. The number of halogens is 1. The predicted molar refractivity (Wildman–Crippen MR) is 129 cm³/mol. The quantitative estimate of drug-likeness (QED) is 0.292. The van der Waals surface area contributed by atoms with Gasteiger partial charge in [0.2, 0.25) is 5.91 Å². The van der Waals surface area contributed by atoms with Crippen LogP contribution in [0.1, 0.15) is 38.3 Å². The Labute approximate surface area is 191 Å². The van der Waals surface area contributed by atoms with E-state index in [9.17, 15) is 4.79 Å². The molecule has 0 saturated heterocycles. The molecule has 0 fully saturated rings. The molecule has 1 aromatic carbocycles. The Balaban J connectivity index is 0.00000420. The van der Waals surface area contributed by atoms with Crippen LogP contribution in [0.2, 0.25) is 0 Å². The van der Waals surface area contributed by atoms with Gasteiger partial charge >= 0.3 is 0 Å². The third-order valence-electron chi connectivity index (χ3n) is 4.43. The summed E-state index contributed by atoms with van der Waals surface area (Å²) in [5, 5.41) is 6.49. The molecule has 2 N–H and O–H groups in total. The third kappa shape index (κ3) is 8.84. The smallest absolute Gasteiger partial charge is 0.224 e. The summed E-state index contributed by atoms with van der Waals surface area (Å²) in [7, 11) is 0. The number of rotatable bonds is 10. The van der Waals surface area contributed by atoms with Crippen LogP contribution in [0.5, 0.6) is 0 Å². The number of nitrogens with one attached hydrogen (secondary N) is 2. The van der Waals surface area contributed by atoms with E-state index in [4.69, 9.17) is 0 Å². The molecule has 0 saturated carbocycles. The standard InChI is InChI=1S/C21H32N6O.HI/c1-4-23-21(24-11-10-20(28)27(5-2)6-3)25-15-18-8-7-9-19(14-18)16-26-13-12-22-17-26;/h7-9,12-14,17H,4-6,10-11,15-16H2,1-3H3,(H2,23,24,25);1H. The number of amides is 1. The van der Waals surface area contributed by atoms with E-state index in [0.29, 0.717) is 19.5 Å². The van der Waals surface area contributed by atoms with Crippen LogP contribution in [-0.4, -0.2) is 52.5 Å². The molecule has 7 nitrogen and oxygen atoms in total. The second kappa shape index (κ2) is 14.0. The third-order valence-corrected chi connectivity index (χ3v) is 4.43. The average molecular weight is 512 g/mol. The van der Waals surface area contributed by atoms with Gasteiger partial charge in [-0.3, -0.25) is 4.79 Å². The van der Waals surface area contributed by atoms with E-state index in [2.05, 4.69) is 44.9 Å². The molecule has 8 heteroatoms. The Morgan fingerprint density at radius 3 is 2.59 bits per heavy atom. The maximum atomic E-state index is 12.1. The van der Waals surface area contributed by atoms with Crippen molar-refractivity contribution in [2.24, 2.45) is 4.99 Å². The van der Waals surface area contributed by atoms with E-state index >= 15 is 0 Å². The highest BCUT2D eigenvalue weighted by molar-refractivity contribution is 14.0. The summed E-state index contributed by atoms with van der Waals surface area (Å²) in [5.41, 5.74) is 2.36. The first-order valence-corrected chi connectivity index (χ1v) is 9.99. The molecule has 2 rings (SSSR count). The van der Waals surface area contributed by atoms with Crippen molar-refractivity contribution in [2.75, 3.05) is 26.2 Å². The molecular weight excluding hydrogens is 479 g/mol. The number of hydrogen-bond acceptors (Lipinski definition) is 3. The maximum Gasteiger partial charge on any atom is 0.224 e. The van der Waals surface area contributed by atoms with Gasteiger partial charge in [0.15, 0.2) is 5.96 Å². The first kappa shape index (κ1) is 24.9. The number of imidazole rings is 1. The SMILES string of the molecule is CCNC(=NCc1cccc(Cn2ccnc2)c1)NCCC(=O)N(CC)CC.I. The summed E-state index contributed by atoms with van der Waals surface area (Å²) < 4.78 is 2.04. The van der Waals surface area contributed by atoms with Crippen molar-refractivity contribution >= 4 is 35.8 Å². The van der Waals surface area contributed by atoms with E-state index in [1.807, 2.05) is 42.8 Å². The summed E-state index contributed by atoms with van der Waals surface area (Å²) >= 11 is 0. The van der Waals surface area contributed by atoms with Crippen LogP contribution in [0.15, 0.2) is 48.0 Å². The summed E-state index contributed by atoms with van der Waals surface area (Å²) in [6, 6.07) is 8.40. The van der Waals surface area contributed by atoms with Gasteiger partial charge in [0.05, 0.1) is 12.9 Å². The lowest BCUT2D eigenvalue weighted by atomic mass is 10.1. The summed E-state index contributed by atoms with van der Waals surface area (Å²) in [4.78, 5) is 22.7. The largest absolute Gasteiger partial charge is 0.357 e. The molecule has 0 bridgehead atoms. The van der Waals surface area contributed by atoms with Crippen molar-refractivity contribution in [1.82, 2.24) is 25.1 Å². The molecule has 1 aromatic heterocycles. The predicted octanol–water partition coefficient (Wildman–Crippen LogP) is 2.86. The Kier molecular flexibility index (Phi) is 12.0. The van der Waals surface area contributed by atoms with Crippen molar-refractivity contribution < 1.29 is 4.79 Å². The average Bonchev–Trinajstić information content (AvgIpc) is 3.20. The second-order valence-corrected chi connectivity index (χ2v) is 6.49. The summed E-state index contributed by atoms with van der Waals surface area (Å²) in [6.07, 6.45) is 6.02. The van der Waals surface area contributed by atoms with E-state index < -0.39 is 0 Å². The molecular formula is C21H33IN6O. The van der Waals surface area contributed by atoms with Crippen molar-refractivity contribution in [3.8, 4) is 0 Å². The van der Waals surface area contributed by atoms with Gasteiger partial charge < -0.3 is 20.1 Å². The van der Waals surface area contributed by atoms with Crippen LogP contribution in [-0.2, 0) is 17.9 Å². The zero-order valence-corrected chi connectivity index (χ0v) is 19.9. The van der Waals surface area contributed by atoms with Gasteiger partial charge in [-0.2, -0.15) is 0 Å². The number of hydrogen-bond donors (Lipinski definition) is 2. The van der Waals surface area contributed by atoms with Gasteiger partial charge in [-0.25, -0.2) is 9.98 Å². The fourth-order valence-corrected chi connectivity index (χ4v) is 2.95. The fraction of sp³-hybridized carbons (Fsp3) is 0.476. The zero-order valence-electron chi connectivity index (χ0n) is 17.6. The molecule has 0 atom stereocenters. The second-order valence-electron chi connectivity index (χ2n) is 6.49. The first-order valence-electron chi connectivity index (χ1n) is 9.99. The maximum absolute atomic E-state index is 12.1. The first-order chi connectivity index (χ1) is 13.7. The van der Waals surface area contributed by atoms with Gasteiger partial charge in [0.1, 0.15) is 0 Å². The lowest BCUT2D eigenvalue weighted by Crippen LogP contribution is -2.40. The highest BCUT2D eigenvalue weighted by atomic mass is 127. The monoisotopic (exact) mass is 512 g/mol. The van der Waals surface area contributed by atoms with Gasteiger partial charge in [0, 0.05) is 51.5 Å². The van der Waals surface area contributed by atoms with Gasteiger partial charge in [-0.1, -0.05) is 24.3 Å². The van der Waals surface area contributed by atoms with Crippen LogP contribution >= 0.6 is 24.0 Å². The van der Waals surface area contributed by atoms with Crippen molar-refractivity contribution in [3.63, 3.8) is 0 Å². The Morgan fingerprint density at radius 2 is 1.93 bits per heavy atom. The lowest BCUT2D eigenvalue weighted by Gasteiger charge is -2.19. The van der Waals surface area contributed by atoms with Crippen LogP contribution in [0, 0.1) is 0 Å². The minimum absolute atomic E-state index is 0. The highest BCUT2D eigenvalue weighted by Gasteiger charge is 2.09. The summed E-state index contributed by atoms with van der Waals surface area (Å²) in [6.45, 7) is 10.3. The van der Waals surface area contributed by atoms with Crippen molar-refractivity contribution in [3.05, 3.63) is 54.1 Å². The van der Waals surface area contributed by atoms with Crippen LogP contribution in [0.3, 0.4) is 0 Å². The number of benzene rings is 1. The van der Waals surface area contributed by atoms with Gasteiger partial charge in [0.25, 0.3) is 0 Å². The molecule has 1 amide bonds. The normalized spacial score (nSPS) is 10.9. The molecule has 0 spiro atoms. The van der Waals surface area contributed by atoms with Crippen LogP contribution in [0.25, 0.3) is 0 Å². The van der Waals surface area contributed by atoms with E-state index in [1.54, 1.807) is 6.20 Å². The number of nitrogens with zero attached hydrogens (tertiary/aromatic N) is 4. The molecule has 0 aliphatic carbocycles. The molecule has 0 radical (unpaired) electrons. The number of aromatic nitrogens is 2. The topological polar surface area (TPSA) is 74.5 Å². The zero-order chi connectivity index (χ0) is 20.2. The Bertz CT molecular complexity index is 743. The van der Waals surface area contributed by atoms with E-state index in [0.717, 1.165) is 37.7 Å². The van der Waals surface area contributed by atoms with Crippen molar-refractivity contribution in [2.45, 2.75) is 40.3 Å². The highest BCUT2D eigenvalue weighted by Crippen LogP contribution is 2.08. The number of guanidine groups is 1. The molecule has 29 heavy (non-hydrogen) atoms. The summed E-state index contributed by atoms with van der Waals surface area (Å²) in [5.74, 6) is 0.899. The molecule has 0 aliphatic rings. The van der Waals surface area contributed by atoms with Crippen LogP contribution in [0.4, 0.5) is 0 Å². The number of aliphatic imine (C=N–C) groups is 1. The van der Waals surface area contributed by atoms with Gasteiger partial charge in [-0.05, 0) is 31.9 Å². The lowest BCUT2D eigenvalue weighted by molar-refractivity contribution is -0.130. The van der Waals surface area contributed by atoms with Crippen molar-refractivity contribution in [1.29, 1.82) is 0 Å². The van der Waals surface area contributed by atoms with Gasteiger partial charge in [-0.15, -0.1) is 24.0 Å². The molecule has 0 unspecified atom stereocenters. The number of carbonyl (C=O) groups is 1. The molecule has 2 aromatic rings. The number of carbonyl (C=O) groups excluding carboxylic acids is 1. The van der Waals surface area contributed by atoms with E-state index in [1.165, 1.54) is 5.56 Å². The molecule has 1 heterocycles. The van der Waals surface area contributed by atoms with E-state index in [-0.39, 0.29) is 29.9 Å². The minimum atomic E-state index is 0. The molecule has 0 aliphatic heterocycles. The van der Waals surface area contributed by atoms with Crippen LogP contribution < -0.4 is 10.6 Å².